The first-order valence-electron chi connectivity index (χ1n) is 7.29. The smallest absolute Gasteiger partial charge is 0.249 e. The zero-order chi connectivity index (χ0) is 17.2. The van der Waals surface area contributed by atoms with Crippen LogP contribution in [0.25, 0.3) is 0 Å². The number of hydrazone groups is 1. The van der Waals surface area contributed by atoms with Crippen molar-refractivity contribution in [3.8, 4) is 5.75 Å². The number of hydrogen-bond acceptors (Lipinski definition) is 5. The molecule has 0 atom stereocenters. The number of benzene rings is 1. The number of ether oxygens (including phenoxy) is 1. The predicted molar refractivity (Wildman–Crippen MR) is 89.4 cm³/mol. The van der Waals surface area contributed by atoms with Gasteiger partial charge in [0, 0.05) is 18.9 Å². The van der Waals surface area contributed by atoms with E-state index in [1.165, 1.54) is 6.21 Å². The number of methoxy groups -OCH3 is 1. The number of amides is 2. The van der Waals surface area contributed by atoms with E-state index in [1.807, 2.05) is 24.3 Å². The molecule has 7 nitrogen and oxygen atoms in total. The molecule has 24 heavy (non-hydrogen) atoms. The first-order chi connectivity index (χ1) is 11.7. The quantitative estimate of drug-likeness (QED) is 0.455. The summed E-state index contributed by atoms with van der Waals surface area (Å²) in [5.74, 6) is -0.175. The van der Waals surface area contributed by atoms with Crippen molar-refractivity contribution in [3.63, 3.8) is 0 Å². The molecule has 0 aliphatic heterocycles. The molecule has 0 fully saturated rings. The van der Waals surface area contributed by atoms with Crippen molar-refractivity contribution in [1.29, 1.82) is 0 Å². The van der Waals surface area contributed by atoms with Gasteiger partial charge in [-0.15, -0.1) is 0 Å². The maximum atomic E-state index is 11.7. The molecule has 1 aromatic heterocycles. The zero-order valence-corrected chi connectivity index (χ0v) is 13.2. The van der Waals surface area contributed by atoms with Gasteiger partial charge in [-0.2, -0.15) is 5.10 Å². The van der Waals surface area contributed by atoms with Crippen molar-refractivity contribution in [1.82, 2.24) is 15.7 Å². The molecule has 0 unspecified atom stereocenters. The van der Waals surface area contributed by atoms with E-state index >= 15 is 0 Å². The van der Waals surface area contributed by atoms with Gasteiger partial charge < -0.3 is 10.1 Å². The highest BCUT2D eigenvalue weighted by Crippen LogP contribution is 2.10. The second-order valence-corrected chi connectivity index (χ2v) is 4.88. The molecule has 1 aromatic carbocycles. The summed E-state index contributed by atoms with van der Waals surface area (Å²) in [5.41, 5.74) is 3.95. The molecule has 0 saturated carbocycles. The number of nitrogens with one attached hydrogen (secondary N) is 2. The lowest BCUT2D eigenvalue weighted by molar-refractivity contribution is -0.129. The molecule has 2 N–H and O–H groups in total. The summed E-state index contributed by atoms with van der Waals surface area (Å²) in [6.07, 6.45) is 4.49. The second-order valence-electron chi connectivity index (χ2n) is 4.88. The summed E-state index contributed by atoms with van der Waals surface area (Å²) in [5, 5.41) is 6.46. The van der Waals surface area contributed by atoms with Crippen LogP contribution < -0.4 is 15.5 Å². The second kappa shape index (κ2) is 9.04. The van der Waals surface area contributed by atoms with Crippen molar-refractivity contribution in [2.45, 2.75) is 13.0 Å². The van der Waals surface area contributed by atoms with Crippen LogP contribution in [-0.4, -0.2) is 30.1 Å². The van der Waals surface area contributed by atoms with Crippen molar-refractivity contribution in [2.24, 2.45) is 5.10 Å². The fourth-order valence-corrected chi connectivity index (χ4v) is 1.85. The summed E-state index contributed by atoms with van der Waals surface area (Å²) < 4.78 is 5.09. The van der Waals surface area contributed by atoms with Gasteiger partial charge in [-0.3, -0.25) is 14.6 Å². The van der Waals surface area contributed by atoms with E-state index < -0.39 is 5.91 Å². The Bertz CT molecular complexity index is 717. The Morgan fingerprint density at radius 3 is 2.88 bits per heavy atom. The van der Waals surface area contributed by atoms with Gasteiger partial charge >= 0.3 is 0 Å². The van der Waals surface area contributed by atoms with E-state index in [0.29, 0.717) is 12.3 Å². The molecular weight excluding hydrogens is 308 g/mol. The van der Waals surface area contributed by atoms with E-state index in [2.05, 4.69) is 20.8 Å². The van der Waals surface area contributed by atoms with Crippen LogP contribution in [0.15, 0.2) is 53.9 Å². The average Bonchev–Trinajstić information content (AvgIpc) is 2.61. The molecule has 0 spiro atoms. The number of carbonyl (C=O) groups excluding carboxylic acids is 2. The van der Waals surface area contributed by atoms with E-state index in [1.54, 1.807) is 31.6 Å². The molecule has 0 bridgehead atoms. The van der Waals surface area contributed by atoms with Crippen molar-refractivity contribution < 1.29 is 14.3 Å². The molecule has 2 rings (SSSR count). The maximum Gasteiger partial charge on any atom is 0.249 e. The van der Waals surface area contributed by atoms with Gasteiger partial charge in [0.2, 0.25) is 11.8 Å². The summed E-state index contributed by atoms with van der Waals surface area (Å²) in [6, 6.07) is 10.8. The lowest BCUT2D eigenvalue weighted by Gasteiger charge is -2.04. The standard InChI is InChI=1S/C17H18N4O3/c1-24-15-6-2-4-13(8-15)12-20-21-17(23)9-16(22)19-11-14-5-3-7-18-10-14/h2-8,10,12H,9,11H2,1H3,(H,19,22)(H,21,23)/b20-12-. The van der Waals surface area contributed by atoms with E-state index in [0.717, 1.165) is 11.1 Å². The molecule has 1 heterocycles. The Morgan fingerprint density at radius 1 is 1.25 bits per heavy atom. The third kappa shape index (κ3) is 5.88. The largest absolute Gasteiger partial charge is 0.497 e. The summed E-state index contributed by atoms with van der Waals surface area (Å²) in [4.78, 5) is 27.3. The molecular formula is C17H18N4O3. The van der Waals surface area contributed by atoms with Crippen LogP contribution in [0.1, 0.15) is 17.5 Å². The van der Waals surface area contributed by atoms with Gasteiger partial charge in [-0.1, -0.05) is 18.2 Å². The third-order valence-electron chi connectivity index (χ3n) is 3.03. The van der Waals surface area contributed by atoms with Gasteiger partial charge in [0.15, 0.2) is 0 Å². The van der Waals surface area contributed by atoms with E-state index in [-0.39, 0.29) is 12.3 Å². The van der Waals surface area contributed by atoms with Gasteiger partial charge in [0.1, 0.15) is 12.2 Å². The van der Waals surface area contributed by atoms with Gasteiger partial charge in [-0.25, -0.2) is 5.43 Å². The number of carbonyl (C=O) groups is 2. The highest BCUT2D eigenvalue weighted by atomic mass is 16.5. The third-order valence-corrected chi connectivity index (χ3v) is 3.03. The molecule has 0 radical (unpaired) electrons. The Hall–Kier alpha value is -3.22. The lowest BCUT2D eigenvalue weighted by Crippen LogP contribution is -2.29. The predicted octanol–water partition coefficient (Wildman–Crippen LogP) is 1.25. The highest BCUT2D eigenvalue weighted by Gasteiger charge is 2.08. The number of hydrogen-bond donors (Lipinski definition) is 2. The van der Waals surface area contributed by atoms with Crippen molar-refractivity contribution in [2.75, 3.05) is 7.11 Å². The first-order valence-corrected chi connectivity index (χ1v) is 7.29. The van der Waals surface area contributed by atoms with Crippen LogP contribution >= 0.6 is 0 Å². The van der Waals surface area contributed by atoms with Crippen LogP contribution in [0.4, 0.5) is 0 Å². The Labute approximate surface area is 139 Å². The number of rotatable bonds is 7. The summed E-state index contributed by atoms with van der Waals surface area (Å²) >= 11 is 0. The molecule has 0 saturated heterocycles. The van der Waals surface area contributed by atoms with Crippen LogP contribution in [0.2, 0.25) is 0 Å². The van der Waals surface area contributed by atoms with Crippen LogP contribution in [-0.2, 0) is 16.1 Å². The normalized spacial score (nSPS) is 10.4. The highest BCUT2D eigenvalue weighted by molar-refractivity contribution is 5.97. The molecule has 0 aliphatic rings. The van der Waals surface area contributed by atoms with Crippen molar-refractivity contribution >= 4 is 18.0 Å². The fraction of sp³-hybridized carbons (Fsp3) is 0.176. The minimum absolute atomic E-state index is 0.296. The minimum Gasteiger partial charge on any atom is -0.497 e. The maximum absolute atomic E-state index is 11.7. The SMILES string of the molecule is COc1cccc(/C=N\NC(=O)CC(=O)NCc2cccnc2)c1. The Morgan fingerprint density at radius 2 is 2.12 bits per heavy atom. The monoisotopic (exact) mass is 326 g/mol. The number of pyridine rings is 1. The van der Waals surface area contributed by atoms with E-state index in [9.17, 15) is 9.59 Å². The summed E-state index contributed by atoms with van der Waals surface area (Å²) in [7, 11) is 1.57. The fourth-order valence-electron chi connectivity index (χ4n) is 1.85. The van der Waals surface area contributed by atoms with Crippen LogP contribution in [0.3, 0.4) is 0 Å². The number of aromatic nitrogens is 1. The topological polar surface area (TPSA) is 92.7 Å². The van der Waals surface area contributed by atoms with E-state index in [4.69, 9.17) is 4.74 Å². The molecule has 2 aromatic rings. The van der Waals surface area contributed by atoms with Crippen LogP contribution in [0.5, 0.6) is 5.75 Å². The lowest BCUT2D eigenvalue weighted by atomic mass is 10.2. The molecule has 124 valence electrons. The molecule has 2 amide bonds. The minimum atomic E-state index is -0.488. The Kier molecular flexibility index (Phi) is 6.46. The molecule has 0 aliphatic carbocycles. The summed E-state index contributed by atoms with van der Waals surface area (Å²) in [6.45, 7) is 0.326. The van der Waals surface area contributed by atoms with Crippen molar-refractivity contribution in [3.05, 3.63) is 59.9 Å². The van der Waals surface area contributed by atoms with Crippen LogP contribution in [0, 0.1) is 0 Å². The first kappa shape index (κ1) is 17.1. The van der Waals surface area contributed by atoms with Gasteiger partial charge in [0.05, 0.1) is 13.3 Å². The average molecular weight is 326 g/mol. The Balaban J connectivity index is 1.74. The van der Waals surface area contributed by atoms with Gasteiger partial charge in [-0.05, 0) is 29.3 Å². The number of nitrogens with zero attached hydrogens (tertiary/aromatic N) is 2. The van der Waals surface area contributed by atoms with Gasteiger partial charge in [0.25, 0.3) is 0 Å². The zero-order valence-electron chi connectivity index (χ0n) is 13.2. The molecule has 7 heteroatoms.